The predicted octanol–water partition coefficient (Wildman–Crippen LogP) is 7.31. The van der Waals surface area contributed by atoms with E-state index in [2.05, 4.69) is 15.6 Å². The second kappa shape index (κ2) is 18.2. The van der Waals surface area contributed by atoms with Gasteiger partial charge < -0.3 is 39.6 Å². The Morgan fingerprint density at radius 3 is 2.10 bits per heavy atom. The number of benzene rings is 3. The molecule has 322 valence electrons. The lowest BCUT2D eigenvalue weighted by Crippen LogP contribution is -2.44. The Morgan fingerprint density at radius 1 is 0.867 bits per heavy atom. The van der Waals surface area contributed by atoms with Crippen LogP contribution in [0.1, 0.15) is 77.1 Å². The number of carbonyl (C=O) groups is 4. The number of hydrogen-bond donors (Lipinski definition) is 3. The topological polar surface area (TPSA) is 203 Å². The zero-order valence-corrected chi connectivity index (χ0v) is 36.1. The molecule has 5 rings (SSSR count). The normalized spacial score (nSPS) is 13.7. The molecule has 1 saturated carbocycles. The molecule has 1 fully saturated rings. The zero-order chi connectivity index (χ0) is 44.2. The first-order valence-electron chi connectivity index (χ1n) is 19.3. The molecule has 0 saturated heterocycles. The third-order valence-electron chi connectivity index (χ3n) is 8.89. The number of methoxy groups -OCH3 is 1. The minimum atomic E-state index is -3.45. The van der Waals surface area contributed by atoms with E-state index in [4.69, 9.17) is 18.9 Å². The van der Waals surface area contributed by atoms with E-state index in [-0.39, 0.29) is 29.2 Å². The summed E-state index contributed by atoms with van der Waals surface area (Å²) in [6.45, 7) is 9.92. The van der Waals surface area contributed by atoms with E-state index in [0.717, 1.165) is 4.90 Å². The van der Waals surface area contributed by atoms with Crippen molar-refractivity contribution in [1.29, 1.82) is 0 Å². The van der Waals surface area contributed by atoms with Gasteiger partial charge >= 0.3 is 18.2 Å². The third kappa shape index (κ3) is 11.7. The van der Waals surface area contributed by atoms with Gasteiger partial charge in [-0.25, -0.2) is 27.8 Å². The molecule has 3 N–H and O–H groups in total. The van der Waals surface area contributed by atoms with Crippen LogP contribution in [0, 0.1) is 0 Å². The molecule has 3 aromatic carbocycles. The highest BCUT2D eigenvalue weighted by molar-refractivity contribution is 7.92. The summed E-state index contributed by atoms with van der Waals surface area (Å²) in [6, 6.07) is 14.8. The molecule has 1 aromatic heterocycles. The molecular weight excluding hydrogens is 795 g/mol. The maximum Gasteiger partial charge on any atom is 0.425 e. The number of ether oxygens (including phenoxy) is 4. The summed E-state index contributed by atoms with van der Waals surface area (Å²) in [5, 5.41) is 16.7. The molecule has 0 spiro atoms. The van der Waals surface area contributed by atoms with Crippen molar-refractivity contribution in [2.45, 2.75) is 94.9 Å². The smallest absolute Gasteiger partial charge is 0.425 e. The lowest BCUT2D eigenvalue weighted by atomic mass is 10.0. The quantitative estimate of drug-likeness (QED) is 0.107. The van der Waals surface area contributed by atoms with Crippen molar-refractivity contribution in [1.82, 2.24) is 9.88 Å². The Balaban J connectivity index is 1.32. The molecule has 1 aliphatic rings. The van der Waals surface area contributed by atoms with Crippen LogP contribution in [0.5, 0.6) is 5.75 Å². The number of sulfone groups is 1. The molecule has 17 heteroatoms. The van der Waals surface area contributed by atoms with E-state index >= 15 is 0 Å². The van der Waals surface area contributed by atoms with Gasteiger partial charge in [0.15, 0.2) is 21.7 Å². The number of pyridine rings is 1. The fourth-order valence-electron chi connectivity index (χ4n) is 6.25. The lowest BCUT2D eigenvalue weighted by molar-refractivity contribution is -0.138. The van der Waals surface area contributed by atoms with Gasteiger partial charge in [-0.1, -0.05) is 6.07 Å². The van der Waals surface area contributed by atoms with Gasteiger partial charge in [0, 0.05) is 35.1 Å². The highest BCUT2D eigenvalue weighted by atomic mass is 32.2. The van der Waals surface area contributed by atoms with E-state index in [1.54, 1.807) is 96.1 Å². The van der Waals surface area contributed by atoms with Gasteiger partial charge in [-0.05, 0) is 140 Å². The number of carboxylic acid groups (broad SMARTS) is 1. The molecule has 1 atom stereocenters. The van der Waals surface area contributed by atoms with Crippen molar-refractivity contribution in [3.63, 3.8) is 0 Å². The molecule has 1 heterocycles. The van der Waals surface area contributed by atoms with E-state index in [9.17, 15) is 32.7 Å². The van der Waals surface area contributed by atoms with Gasteiger partial charge in [0.05, 0.1) is 23.9 Å². The fourth-order valence-corrected chi connectivity index (χ4v) is 8.11. The molecule has 0 aliphatic heterocycles. The number of fused-ring (bicyclic) bond motifs is 1. The van der Waals surface area contributed by atoms with Crippen LogP contribution < -0.4 is 20.3 Å². The predicted molar refractivity (Wildman–Crippen MR) is 226 cm³/mol. The molecule has 60 heavy (non-hydrogen) atoms. The van der Waals surface area contributed by atoms with Gasteiger partial charge in [0.2, 0.25) is 5.91 Å². The number of carbonyl (C=O) groups excluding carboxylic acids is 3. The number of rotatable bonds is 15. The summed E-state index contributed by atoms with van der Waals surface area (Å²) in [4.78, 5) is 59.5. The molecule has 1 aliphatic carbocycles. The van der Waals surface area contributed by atoms with Gasteiger partial charge in [0.1, 0.15) is 23.6 Å². The van der Waals surface area contributed by atoms with Crippen molar-refractivity contribution in [2.75, 3.05) is 43.3 Å². The van der Waals surface area contributed by atoms with Gasteiger partial charge in [-0.3, -0.25) is 4.79 Å². The Bertz CT molecular complexity index is 2340. The van der Waals surface area contributed by atoms with Crippen molar-refractivity contribution in [3.8, 4) is 5.75 Å². The summed E-state index contributed by atoms with van der Waals surface area (Å²) in [5.41, 5.74) is 0.403. The first-order valence-corrected chi connectivity index (χ1v) is 20.8. The SMILES string of the molecule is COc1ccc(C(Nc2ccc3c(N(C(=O)OC(C)(C)C)C(=O)OC(C)(C)C)nccc3c2)C(=O)O)cc1COCC(=O)Nc1ccc(S(=O)(=O)C2CC2)c(CN(C)C)c1. The van der Waals surface area contributed by atoms with Gasteiger partial charge in [-0.2, -0.15) is 4.90 Å². The second-order valence-corrected chi connectivity index (χ2v) is 18.9. The average molecular weight is 848 g/mol. The number of imide groups is 1. The summed E-state index contributed by atoms with van der Waals surface area (Å²) in [6.07, 6.45) is 0.736. The molecule has 1 unspecified atom stereocenters. The van der Waals surface area contributed by atoms with E-state index < -0.39 is 51.1 Å². The Kier molecular flexibility index (Phi) is 13.8. The maximum absolute atomic E-state index is 13.3. The number of nitrogens with one attached hydrogen (secondary N) is 2. The number of aromatic nitrogens is 1. The molecule has 4 aromatic rings. The van der Waals surface area contributed by atoms with Crippen LogP contribution in [-0.2, 0) is 46.8 Å². The number of amides is 3. The Morgan fingerprint density at radius 2 is 1.52 bits per heavy atom. The molecular formula is C43H53N5O11S. The van der Waals surface area contributed by atoms with Crippen LogP contribution in [0.25, 0.3) is 10.8 Å². The summed E-state index contributed by atoms with van der Waals surface area (Å²) < 4.78 is 48.4. The molecule has 0 bridgehead atoms. The number of anilines is 3. The number of nitrogens with zero attached hydrogens (tertiary/aromatic N) is 3. The van der Waals surface area contributed by atoms with Crippen LogP contribution in [0.3, 0.4) is 0 Å². The number of aliphatic carboxylic acids is 1. The van der Waals surface area contributed by atoms with E-state index in [1.807, 2.05) is 19.0 Å². The van der Waals surface area contributed by atoms with Gasteiger partial charge in [-0.15, -0.1) is 0 Å². The van der Waals surface area contributed by atoms with Crippen LogP contribution in [-0.4, -0.2) is 91.7 Å². The average Bonchev–Trinajstić information content (AvgIpc) is 3.99. The highest BCUT2D eigenvalue weighted by Gasteiger charge is 2.38. The van der Waals surface area contributed by atoms with Crippen molar-refractivity contribution in [2.24, 2.45) is 0 Å². The molecule has 0 radical (unpaired) electrons. The minimum Gasteiger partial charge on any atom is -0.496 e. The summed E-state index contributed by atoms with van der Waals surface area (Å²) >= 11 is 0. The third-order valence-corrected chi connectivity index (χ3v) is 11.3. The molecule has 3 amide bonds. The first kappa shape index (κ1) is 45.3. The second-order valence-electron chi connectivity index (χ2n) is 16.7. The van der Waals surface area contributed by atoms with Crippen LogP contribution in [0.2, 0.25) is 0 Å². The molecule has 16 nitrogen and oxygen atoms in total. The first-order chi connectivity index (χ1) is 28.1. The highest BCUT2D eigenvalue weighted by Crippen LogP contribution is 2.36. The Labute approximate surface area is 350 Å². The van der Waals surface area contributed by atoms with E-state index in [1.165, 1.54) is 19.4 Å². The van der Waals surface area contributed by atoms with Crippen molar-refractivity contribution >= 4 is 61.9 Å². The largest absolute Gasteiger partial charge is 0.496 e. The standard InChI is InChI=1S/C43H53N5O11S/c1-42(2,3)58-40(52)48(41(53)59-43(4,5)6)38-33-15-11-31(21-26(33)18-19-44-38)46-37(39(50)51)27-10-16-34(56-9)29(20-27)24-57-25-36(49)45-30-12-17-35(28(22-30)23-47(7)8)60(54,55)32-13-14-32/h10-12,15-22,32,37,46H,13-14,23-25H2,1-9H3,(H,45,49)(H,50,51). The van der Waals surface area contributed by atoms with Crippen molar-refractivity contribution < 1.29 is 51.6 Å². The number of carboxylic acids is 1. The minimum absolute atomic E-state index is 0.0304. The van der Waals surface area contributed by atoms with Gasteiger partial charge in [0.25, 0.3) is 0 Å². The van der Waals surface area contributed by atoms with Crippen molar-refractivity contribution in [3.05, 3.63) is 83.6 Å². The van der Waals surface area contributed by atoms with E-state index in [0.29, 0.717) is 64.0 Å². The van der Waals surface area contributed by atoms with Crippen LogP contribution >= 0.6 is 0 Å². The van der Waals surface area contributed by atoms with Crippen LogP contribution in [0.4, 0.5) is 26.8 Å². The zero-order valence-electron chi connectivity index (χ0n) is 35.3. The summed E-state index contributed by atoms with van der Waals surface area (Å²) in [5.74, 6) is -1.28. The monoisotopic (exact) mass is 847 g/mol. The number of hydrogen-bond acceptors (Lipinski definition) is 13. The fraction of sp³-hybridized carbons (Fsp3) is 0.419. The van der Waals surface area contributed by atoms with Crippen LogP contribution in [0.15, 0.2) is 71.8 Å². The maximum atomic E-state index is 13.3. The lowest BCUT2D eigenvalue weighted by Gasteiger charge is -2.28. The Hall–Kier alpha value is -5.78. The summed E-state index contributed by atoms with van der Waals surface area (Å²) in [7, 11) is 1.68.